The molecule has 0 unspecified atom stereocenters. The van der Waals surface area contributed by atoms with Gasteiger partial charge in [0, 0.05) is 22.0 Å². The molecule has 0 bridgehead atoms. The van der Waals surface area contributed by atoms with E-state index in [1.807, 2.05) is 48.5 Å². The van der Waals surface area contributed by atoms with Crippen LogP contribution < -0.4 is 11.1 Å². The fourth-order valence-electron chi connectivity index (χ4n) is 2.56. The van der Waals surface area contributed by atoms with Gasteiger partial charge in [-0.2, -0.15) is 0 Å². The summed E-state index contributed by atoms with van der Waals surface area (Å²) in [5, 5.41) is 3.62. The predicted octanol–water partition coefficient (Wildman–Crippen LogP) is 4.36. The normalized spacial score (nSPS) is 19.3. The molecule has 0 aromatic heterocycles. The summed E-state index contributed by atoms with van der Waals surface area (Å²) in [4.78, 5) is 14.3. The maximum Gasteiger partial charge on any atom is 0.253 e. The molecule has 1 aliphatic rings. The van der Waals surface area contributed by atoms with Crippen LogP contribution in [-0.4, -0.2) is 24.7 Å². The van der Waals surface area contributed by atoms with E-state index in [9.17, 15) is 4.79 Å². The Labute approximate surface area is 162 Å². The molecule has 134 valence electrons. The van der Waals surface area contributed by atoms with Gasteiger partial charge in [-0.3, -0.25) is 4.79 Å². The Hall–Kier alpha value is -1.24. The molecule has 2 atom stereocenters. The summed E-state index contributed by atoms with van der Waals surface area (Å²) in [6.07, 6.45) is 1.14. The standard InChI is InChI=1S/C18H19ClN2O2S.ClH/c19-15-3-1-2-4-17(15)24-14-8-5-12(6-9-14)21-18(22)16-10-7-13(11-20)23-16;/h1-6,8-9,13,16H,7,10-11,20H2,(H,21,22);1H/t13-,16+;/m1./s1. The molecule has 2 aromatic rings. The molecule has 1 saturated heterocycles. The summed E-state index contributed by atoms with van der Waals surface area (Å²) in [5.74, 6) is -0.113. The van der Waals surface area contributed by atoms with E-state index in [1.165, 1.54) is 0 Å². The second-order valence-corrected chi connectivity index (χ2v) is 7.13. The molecule has 0 aliphatic carbocycles. The first kappa shape index (κ1) is 20.1. The van der Waals surface area contributed by atoms with Crippen molar-refractivity contribution in [2.24, 2.45) is 5.73 Å². The Kier molecular flexibility index (Phi) is 7.59. The number of carbonyl (C=O) groups is 1. The van der Waals surface area contributed by atoms with E-state index in [0.29, 0.717) is 13.0 Å². The van der Waals surface area contributed by atoms with Crippen molar-refractivity contribution in [3.05, 3.63) is 53.6 Å². The summed E-state index contributed by atoms with van der Waals surface area (Å²) in [6.45, 7) is 0.456. The van der Waals surface area contributed by atoms with Crippen molar-refractivity contribution in [2.75, 3.05) is 11.9 Å². The number of amides is 1. The summed E-state index contributed by atoms with van der Waals surface area (Å²) in [5.41, 5.74) is 6.32. The number of nitrogens with two attached hydrogens (primary N) is 1. The molecule has 3 N–H and O–H groups in total. The van der Waals surface area contributed by atoms with E-state index in [2.05, 4.69) is 5.32 Å². The van der Waals surface area contributed by atoms with Crippen molar-refractivity contribution >= 4 is 47.4 Å². The number of hydrogen-bond acceptors (Lipinski definition) is 4. The first-order chi connectivity index (χ1) is 11.7. The van der Waals surface area contributed by atoms with Gasteiger partial charge in [0.1, 0.15) is 6.10 Å². The predicted molar refractivity (Wildman–Crippen MR) is 105 cm³/mol. The van der Waals surface area contributed by atoms with Gasteiger partial charge in [-0.05, 0) is 49.2 Å². The van der Waals surface area contributed by atoms with Crippen LogP contribution in [0.4, 0.5) is 5.69 Å². The lowest BCUT2D eigenvalue weighted by Gasteiger charge is -2.13. The highest BCUT2D eigenvalue weighted by Crippen LogP contribution is 2.33. The number of halogens is 2. The highest BCUT2D eigenvalue weighted by Gasteiger charge is 2.29. The molecule has 25 heavy (non-hydrogen) atoms. The molecule has 0 radical (unpaired) electrons. The first-order valence-corrected chi connectivity index (χ1v) is 9.04. The number of rotatable bonds is 5. The summed E-state index contributed by atoms with van der Waals surface area (Å²) < 4.78 is 5.60. The molecule has 1 aliphatic heterocycles. The molecule has 4 nitrogen and oxygen atoms in total. The van der Waals surface area contributed by atoms with Gasteiger partial charge >= 0.3 is 0 Å². The summed E-state index contributed by atoms with van der Waals surface area (Å²) in [7, 11) is 0. The van der Waals surface area contributed by atoms with Crippen LogP contribution in [0, 0.1) is 0 Å². The molecule has 7 heteroatoms. The average Bonchev–Trinajstić information content (AvgIpc) is 3.08. The van der Waals surface area contributed by atoms with Crippen LogP contribution >= 0.6 is 35.8 Å². The maximum atomic E-state index is 12.2. The smallest absolute Gasteiger partial charge is 0.253 e. The molecule has 1 amide bonds. The van der Waals surface area contributed by atoms with Crippen LogP contribution in [0.3, 0.4) is 0 Å². The second-order valence-electron chi connectivity index (χ2n) is 5.61. The lowest BCUT2D eigenvalue weighted by molar-refractivity contribution is -0.126. The van der Waals surface area contributed by atoms with Crippen LogP contribution in [0.5, 0.6) is 0 Å². The minimum absolute atomic E-state index is 0. The van der Waals surface area contributed by atoms with E-state index in [1.54, 1.807) is 11.8 Å². The SMILES string of the molecule is Cl.NC[C@H]1CC[C@@H](C(=O)Nc2ccc(Sc3ccccc3Cl)cc2)O1. The summed E-state index contributed by atoms with van der Waals surface area (Å²) in [6, 6.07) is 15.4. The fraction of sp³-hybridized carbons (Fsp3) is 0.278. The summed E-state index contributed by atoms with van der Waals surface area (Å²) >= 11 is 7.76. The van der Waals surface area contributed by atoms with E-state index >= 15 is 0 Å². The van der Waals surface area contributed by atoms with Crippen LogP contribution in [0.15, 0.2) is 58.3 Å². The lowest BCUT2D eigenvalue weighted by Crippen LogP contribution is -2.29. The van der Waals surface area contributed by atoms with Crippen molar-refractivity contribution in [1.82, 2.24) is 0 Å². The molecule has 1 fully saturated rings. The number of nitrogens with one attached hydrogen (secondary N) is 1. The highest BCUT2D eigenvalue weighted by atomic mass is 35.5. The molecule has 2 aromatic carbocycles. The Bertz CT molecular complexity index is 712. The lowest BCUT2D eigenvalue weighted by atomic mass is 10.2. The van der Waals surface area contributed by atoms with Crippen LogP contribution in [0.25, 0.3) is 0 Å². The minimum atomic E-state index is -0.407. The van der Waals surface area contributed by atoms with Gasteiger partial charge in [0.2, 0.25) is 0 Å². The topological polar surface area (TPSA) is 64.4 Å². The Morgan fingerprint density at radius 2 is 1.92 bits per heavy atom. The third-order valence-electron chi connectivity index (χ3n) is 3.85. The largest absolute Gasteiger partial charge is 0.364 e. The Morgan fingerprint density at radius 3 is 2.56 bits per heavy atom. The second kappa shape index (κ2) is 9.46. The number of carbonyl (C=O) groups excluding carboxylic acids is 1. The van der Waals surface area contributed by atoms with Gasteiger partial charge in [-0.25, -0.2) is 0 Å². The van der Waals surface area contributed by atoms with Crippen molar-refractivity contribution in [3.63, 3.8) is 0 Å². The van der Waals surface area contributed by atoms with Crippen LogP contribution in [-0.2, 0) is 9.53 Å². The third kappa shape index (κ3) is 5.36. The minimum Gasteiger partial charge on any atom is -0.364 e. The zero-order chi connectivity index (χ0) is 16.9. The number of ether oxygens (including phenoxy) is 1. The van der Waals surface area contributed by atoms with E-state index in [4.69, 9.17) is 22.1 Å². The van der Waals surface area contributed by atoms with Crippen molar-refractivity contribution in [1.29, 1.82) is 0 Å². The monoisotopic (exact) mass is 398 g/mol. The third-order valence-corrected chi connectivity index (χ3v) is 5.37. The van der Waals surface area contributed by atoms with Crippen molar-refractivity contribution < 1.29 is 9.53 Å². The molecular formula is C18H20Cl2N2O2S. The molecule has 1 heterocycles. The quantitative estimate of drug-likeness (QED) is 0.784. The van der Waals surface area contributed by atoms with Gasteiger partial charge in [0.25, 0.3) is 5.91 Å². The molecule has 0 saturated carbocycles. The number of hydrogen-bond donors (Lipinski definition) is 2. The Balaban J connectivity index is 0.00000225. The maximum absolute atomic E-state index is 12.2. The van der Waals surface area contributed by atoms with Crippen LogP contribution in [0.1, 0.15) is 12.8 Å². The number of benzene rings is 2. The zero-order valence-corrected chi connectivity index (χ0v) is 15.9. The zero-order valence-electron chi connectivity index (χ0n) is 13.5. The average molecular weight is 399 g/mol. The molecule has 3 rings (SSSR count). The Morgan fingerprint density at radius 1 is 1.20 bits per heavy atom. The van der Waals surface area contributed by atoms with Gasteiger partial charge in [-0.1, -0.05) is 35.5 Å². The van der Waals surface area contributed by atoms with Crippen LogP contribution in [0.2, 0.25) is 5.02 Å². The van der Waals surface area contributed by atoms with Gasteiger partial charge in [0.05, 0.1) is 11.1 Å². The van der Waals surface area contributed by atoms with E-state index in [0.717, 1.165) is 26.9 Å². The van der Waals surface area contributed by atoms with E-state index in [-0.39, 0.29) is 24.4 Å². The van der Waals surface area contributed by atoms with Gasteiger partial charge < -0.3 is 15.8 Å². The molecule has 0 spiro atoms. The first-order valence-electron chi connectivity index (χ1n) is 7.84. The molecular weight excluding hydrogens is 379 g/mol. The number of anilines is 1. The van der Waals surface area contributed by atoms with Crippen molar-refractivity contribution in [3.8, 4) is 0 Å². The van der Waals surface area contributed by atoms with Gasteiger partial charge in [0.15, 0.2) is 0 Å². The highest BCUT2D eigenvalue weighted by molar-refractivity contribution is 7.99. The van der Waals surface area contributed by atoms with E-state index < -0.39 is 6.10 Å². The van der Waals surface area contributed by atoms with Gasteiger partial charge in [-0.15, -0.1) is 12.4 Å². The fourth-order valence-corrected chi connectivity index (χ4v) is 3.65. The van der Waals surface area contributed by atoms with Crippen molar-refractivity contribution in [2.45, 2.75) is 34.8 Å².